The molecule has 1 atom stereocenters. The lowest BCUT2D eigenvalue weighted by atomic mass is 9.99. The van der Waals surface area contributed by atoms with Gasteiger partial charge in [0.15, 0.2) is 0 Å². The van der Waals surface area contributed by atoms with E-state index in [4.69, 9.17) is 0 Å². The van der Waals surface area contributed by atoms with E-state index in [2.05, 4.69) is 24.5 Å². The van der Waals surface area contributed by atoms with Crippen LogP contribution in [-0.2, 0) is 0 Å². The van der Waals surface area contributed by atoms with Gasteiger partial charge < -0.3 is 5.32 Å². The second kappa shape index (κ2) is 2.82. The molecular weight excluding hydrogens is 134 g/mol. The highest BCUT2D eigenvalue weighted by molar-refractivity contribution is 5.37. The third kappa shape index (κ3) is 1.14. The van der Waals surface area contributed by atoms with Crippen LogP contribution in [0.2, 0.25) is 0 Å². The number of rotatable bonds is 1. The quantitative estimate of drug-likeness (QED) is 0.601. The van der Waals surface area contributed by atoms with Gasteiger partial charge in [-0.1, -0.05) is 17.7 Å². The number of likely N-dealkylation sites (N-methyl/N-ethyl adjacent to an activating group) is 1. The molecule has 0 saturated heterocycles. The largest absolute Gasteiger partial charge is 0.313 e. The van der Waals surface area contributed by atoms with Crippen LogP contribution in [0.5, 0.6) is 0 Å². The highest BCUT2D eigenvalue weighted by atomic mass is 14.9. The van der Waals surface area contributed by atoms with E-state index in [1.807, 2.05) is 0 Å². The summed E-state index contributed by atoms with van der Waals surface area (Å²) in [6, 6.07) is 0.654. The fourth-order valence-electron chi connectivity index (χ4n) is 2.14. The first-order valence-electron chi connectivity index (χ1n) is 4.47. The van der Waals surface area contributed by atoms with Crippen LogP contribution in [0.1, 0.15) is 25.7 Å². The average molecular weight is 149 g/mol. The van der Waals surface area contributed by atoms with Gasteiger partial charge in [-0.25, -0.2) is 0 Å². The molecular formula is C10H15N. The fraction of sp³-hybridized carbons (Fsp3) is 0.600. The van der Waals surface area contributed by atoms with Crippen molar-refractivity contribution in [1.29, 1.82) is 0 Å². The van der Waals surface area contributed by atoms with Crippen LogP contribution in [-0.4, -0.2) is 13.1 Å². The first kappa shape index (κ1) is 7.11. The van der Waals surface area contributed by atoms with Crippen molar-refractivity contribution in [2.24, 2.45) is 0 Å². The van der Waals surface area contributed by atoms with Crippen LogP contribution in [0.15, 0.2) is 23.3 Å². The molecule has 1 heteroatoms. The minimum atomic E-state index is 0.654. The number of nitrogens with one attached hydrogen (secondary N) is 1. The molecule has 1 unspecified atom stereocenters. The normalized spacial score (nSPS) is 29.4. The van der Waals surface area contributed by atoms with Crippen molar-refractivity contribution in [1.82, 2.24) is 5.32 Å². The lowest BCUT2D eigenvalue weighted by Crippen LogP contribution is -2.23. The Balaban J connectivity index is 2.22. The third-order valence-corrected chi connectivity index (χ3v) is 2.78. The zero-order chi connectivity index (χ0) is 7.68. The van der Waals surface area contributed by atoms with E-state index in [-0.39, 0.29) is 0 Å². The summed E-state index contributed by atoms with van der Waals surface area (Å²) < 4.78 is 0. The summed E-state index contributed by atoms with van der Waals surface area (Å²) in [5.41, 5.74) is 3.28. The van der Waals surface area contributed by atoms with Crippen molar-refractivity contribution in [3.63, 3.8) is 0 Å². The molecule has 2 aliphatic carbocycles. The molecule has 0 heterocycles. The Labute approximate surface area is 68.2 Å². The van der Waals surface area contributed by atoms with Crippen molar-refractivity contribution in [3.8, 4) is 0 Å². The lowest BCUT2D eigenvalue weighted by molar-refractivity contribution is 0.635. The van der Waals surface area contributed by atoms with E-state index in [0.717, 1.165) is 0 Å². The zero-order valence-electron chi connectivity index (χ0n) is 7.06. The average Bonchev–Trinajstić information content (AvgIpc) is 2.47. The van der Waals surface area contributed by atoms with Gasteiger partial charge in [0.2, 0.25) is 0 Å². The molecule has 0 aromatic carbocycles. The SMILES string of the molecule is CNC1CCC2=C1C=CCC2. The Morgan fingerprint density at radius 1 is 1.45 bits per heavy atom. The molecule has 2 aliphatic rings. The van der Waals surface area contributed by atoms with Gasteiger partial charge in [-0.2, -0.15) is 0 Å². The second-order valence-corrected chi connectivity index (χ2v) is 3.38. The van der Waals surface area contributed by atoms with Crippen molar-refractivity contribution in [3.05, 3.63) is 23.3 Å². The van der Waals surface area contributed by atoms with E-state index in [0.29, 0.717) is 6.04 Å². The lowest BCUT2D eigenvalue weighted by Gasteiger charge is -2.13. The minimum Gasteiger partial charge on any atom is -0.313 e. The first-order chi connectivity index (χ1) is 5.42. The van der Waals surface area contributed by atoms with Crippen LogP contribution in [0, 0.1) is 0 Å². The Morgan fingerprint density at radius 2 is 2.36 bits per heavy atom. The summed E-state index contributed by atoms with van der Waals surface area (Å²) in [7, 11) is 2.06. The molecule has 0 fully saturated rings. The molecule has 0 radical (unpaired) electrons. The second-order valence-electron chi connectivity index (χ2n) is 3.38. The zero-order valence-corrected chi connectivity index (χ0v) is 7.06. The van der Waals surface area contributed by atoms with E-state index >= 15 is 0 Å². The fourth-order valence-corrected chi connectivity index (χ4v) is 2.14. The van der Waals surface area contributed by atoms with E-state index in [9.17, 15) is 0 Å². The van der Waals surface area contributed by atoms with Gasteiger partial charge in [0.1, 0.15) is 0 Å². The van der Waals surface area contributed by atoms with E-state index < -0.39 is 0 Å². The number of hydrogen-bond donors (Lipinski definition) is 1. The Bertz CT molecular complexity index is 213. The van der Waals surface area contributed by atoms with Crippen molar-refractivity contribution < 1.29 is 0 Å². The van der Waals surface area contributed by atoms with Crippen LogP contribution in [0.4, 0.5) is 0 Å². The molecule has 1 nitrogen and oxygen atoms in total. The van der Waals surface area contributed by atoms with Gasteiger partial charge in [0, 0.05) is 6.04 Å². The molecule has 0 aliphatic heterocycles. The van der Waals surface area contributed by atoms with Crippen LogP contribution in [0.3, 0.4) is 0 Å². The van der Waals surface area contributed by atoms with Gasteiger partial charge in [0.25, 0.3) is 0 Å². The molecule has 0 bridgehead atoms. The van der Waals surface area contributed by atoms with Gasteiger partial charge in [-0.15, -0.1) is 0 Å². The monoisotopic (exact) mass is 149 g/mol. The standard InChI is InChI=1S/C10H15N/c1-11-10-7-6-8-4-2-3-5-9(8)10/h3,5,10-11H,2,4,6-7H2,1H3. The minimum absolute atomic E-state index is 0.654. The summed E-state index contributed by atoms with van der Waals surface area (Å²) >= 11 is 0. The van der Waals surface area contributed by atoms with Crippen molar-refractivity contribution in [2.45, 2.75) is 31.7 Å². The Morgan fingerprint density at radius 3 is 3.18 bits per heavy atom. The number of allylic oxidation sites excluding steroid dienone is 2. The summed E-state index contributed by atoms with van der Waals surface area (Å²) in [6.07, 6.45) is 9.82. The van der Waals surface area contributed by atoms with Gasteiger partial charge >= 0.3 is 0 Å². The maximum atomic E-state index is 3.35. The maximum Gasteiger partial charge on any atom is 0.0320 e. The molecule has 1 N–H and O–H groups in total. The Hall–Kier alpha value is -0.560. The molecule has 0 spiro atoms. The van der Waals surface area contributed by atoms with Crippen LogP contribution >= 0.6 is 0 Å². The predicted octanol–water partition coefficient (Wildman–Crippen LogP) is 2.01. The van der Waals surface area contributed by atoms with Gasteiger partial charge in [0.05, 0.1) is 0 Å². The summed E-state index contributed by atoms with van der Waals surface area (Å²) in [6.45, 7) is 0. The summed E-state index contributed by atoms with van der Waals surface area (Å²) in [4.78, 5) is 0. The highest BCUT2D eigenvalue weighted by Crippen LogP contribution is 2.33. The molecule has 60 valence electrons. The maximum absolute atomic E-state index is 3.35. The third-order valence-electron chi connectivity index (χ3n) is 2.78. The van der Waals surface area contributed by atoms with E-state index in [1.54, 1.807) is 11.1 Å². The predicted molar refractivity (Wildman–Crippen MR) is 47.5 cm³/mol. The van der Waals surface area contributed by atoms with Crippen molar-refractivity contribution >= 4 is 0 Å². The molecule has 0 saturated carbocycles. The summed E-state index contributed by atoms with van der Waals surface area (Å²) in [5.74, 6) is 0. The van der Waals surface area contributed by atoms with Gasteiger partial charge in [-0.05, 0) is 38.3 Å². The topological polar surface area (TPSA) is 12.0 Å². The Kier molecular flexibility index (Phi) is 1.82. The highest BCUT2D eigenvalue weighted by Gasteiger charge is 2.22. The van der Waals surface area contributed by atoms with Crippen LogP contribution in [0.25, 0.3) is 0 Å². The first-order valence-corrected chi connectivity index (χ1v) is 4.47. The number of hydrogen-bond acceptors (Lipinski definition) is 1. The molecule has 0 aromatic heterocycles. The van der Waals surface area contributed by atoms with Crippen molar-refractivity contribution in [2.75, 3.05) is 7.05 Å². The molecule has 0 aromatic rings. The van der Waals surface area contributed by atoms with E-state index in [1.165, 1.54) is 25.7 Å². The molecule has 0 amide bonds. The molecule has 11 heavy (non-hydrogen) atoms. The van der Waals surface area contributed by atoms with Crippen LogP contribution < -0.4 is 5.32 Å². The molecule has 2 rings (SSSR count). The summed E-state index contributed by atoms with van der Waals surface area (Å²) in [5, 5.41) is 3.35. The van der Waals surface area contributed by atoms with Gasteiger partial charge in [-0.3, -0.25) is 0 Å². The smallest absolute Gasteiger partial charge is 0.0320 e.